The Kier molecular flexibility index (Phi) is 2.33. The number of para-hydroxylation sites is 1. The van der Waals surface area contributed by atoms with Gasteiger partial charge in [-0.3, -0.25) is 4.79 Å². The Morgan fingerprint density at radius 3 is 2.53 bits per heavy atom. The van der Waals surface area contributed by atoms with Gasteiger partial charge >= 0.3 is 0 Å². The number of hydrogen-bond acceptors (Lipinski definition) is 2. The lowest BCUT2D eigenvalue weighted by Crippen LogP contribution is -2.37. The van der Waals surface area contributed by atoms with Crippen LogP contribution in [0.3, 0.4) is 0 Å². The van der Waals surface area contributed by atoms with Crippen LogP contribution in [0.15, 0.2) is 30.3 Å². The zero-order valence-electron chi connectivity index (χ0n) is 11.4. The van der Waals surface area contributed by atoms with Gasteiger partial charge in [-0.05, 0) is 49.7 Å². The van der Waals surface area contributed by atoms with Gasteiger partial charge in [0.2, 0.25) is 0 Å². The molecule has 3 fully saturated rings. The summed E-state index contributed by atoms with van der Waals surface area (Å²) in [7, 11) is 0. The predicted molar refractivity (Wildman–Crippen MR) is 76.2 cm³/mol. The van der Waals surface area contributed by atoms with Crippen molar-refractivity contribution in [1.29, 1.82) is 0 Å². The van der Waals surface area contributed by atoms with E-state index in [2.05, 4.69) is 35.2 Å². The van der Waals surface area contributed by atoms with Gasteiger partial charge < -0.3 is 4.90 Å². The Morgan fingerprint density at radius 1 is 1.00 bits per heavy atom. The van der Waals surface area contributed by atoms with Crippen LogP contribution in [0.4, 0.5) is 5.69 Å². The summed E-state index contributed by atoms with van der Waals surface area (Å²) in [6.07, 6.45) is 6.73. The van der Waals surface area contributed by atoms with Crippen LogP contribution in [0.2, 0.25) is 0 Å². The van der Waals surface area contributed by atoms with Crippen LogP contribution in [-0.4, -0.2) is 18.9 Å². The van der Waals surface area contributed by atoms with Crippen LogP contribution in [0.1, 0.15) is 38.5 Å². The van der Waals surface area contributed by atoms with Gasteiger partial charge in [-0.15, -0.1) is 0 Å². The third-order valence-corrected chi connectivity index (χ3v) is 5.60. The van der Waals surface area contributed by atoms with Gasteiger partial charge in [0.05, 0.1) is 0 Å². The van der Waals surface area contributed by atoms with E-state index in [1.165, 1.54) is 31.4 Å². The number of anilines is 1. The van der Waals surface area contributed by atoms with Crippen molar-refractivity contribution in [2.24, 2.45) is 10.8 Å². The van der Waals surface area contributed by atoms with Gasteiger partial charge in [0.15, 0.2) is 0 Å². The molecule has 2 aliphatic carbocycles. The molecule has 1 aliphatic heterocycles. The molecule has 0 aromatic heterocycles. The molecule has 2 nitrogen and oxygen atoms in total. The maximum absolute atomic E-state index is 12.1. The van der Waals surface area contributed by atoms with Crippen LogP contribution >= 0.6 is 0 Å². The second-order valence-corrected chi connectivity index (χ2v) is 6.89. The zero-order chi connectivity index (χ0) is 12.9. The molecule has 2 heteroatoms. The Hall–Kier alpha value is -1.31. The van der Waals surface area contributed by atoms with Crippen molar-refractivity contribution >= 4 is 11.5 Å². The first-order chi connectivity index (χ1) is 9.22. The third kappa shape index (κ3) is 1.80. The van der Waals surface area contributed by atoms with E-state index >= 15 is 0 Å². The third-order valence-electron chi connectivity index (χ3n) is 5.60. The van der Waals surface area contributed by atoms with E-state index in [0.717, 1.165) is 25.9 Å². The second kappa shape index (κ2) is 3.84. The first-order valence-corrected chi connectivity index (χ1v) is 7.55. The summed E-state index contributed by atoms with van der Waals surface area (Å²) in [5.41, 5.74) is 1.91. The Morgan fingerprint density at radius 2 is 1.79 bits per heavy atom. The maximum Gasteiger partial charge on any atom is 0.139 e. The van der Waals surface area contributed by atoms with Crippen molar-refractivity contribution in [3.05, 3.63) is 30.3 Å². The van der Waals surface area contributed by atoms with Crippen LogP contribution < -0.4 is 4.90 Å². The fourth-order valence-corrected chi connectivity index (χ4v) is 4.30. The number of rotatable bonds is 1. The molecule has 0 bridgehead atoms. The fourth-order valence-electron chi connectivity index (χ4n) is 4.30. The predicted octanol–water partition coefficient (Wildman–Crippen LogP) is 3.42. The van der Waals surface area contributed by atoms with E-state index < -0.39 is 0 Å². The Balaban J connectivity index is 1.54. The molecule has 1 saturated heterocycles. The summed E-state index contributed by atoms with van der Waals surface area (Å²) in [5.74, 6) is 0.566. The molecule has 3 aliphatic rings. The number of ketones is 1. The highest BCUT2D eigenvalue weighted by Gasteiger charge is 2.57. The standard InChI is InChI=1S/C17H21NO/c19-15-6-7-16(12-17(15)8-9-17)10-11-18(13-16)14-4-2-1-3-5-14/h1-5H,6-13H2. The van der Waals surface area contributed by atoms with Crippen molar-refractivity contribution in [2.75, 3.05) is 18.0 Å². The summed E-state index contributed by atoms with van der Waals surface area (Å²) in [4.78, 5) is 14.6. The van der Waals surface area contributed by atoms with Crippen molar-refractivity contribution in [3.63, 3.8) is 0 Å². The van der Waals surface area contributed by atoms with Gasteiger partial charge in [0.1, 0.15) is 5.78 Å². The lowest BCUT2D eigenvalue weighted by atomic mass is 9.67. The molecule has 1 aromatic carbocycles. The summed E-state index contributed by atoms with van der Waals surface area (Å²) in [6, 6.07) is 10.7. The summed E-state index contributed by atoms with van der Waals surface area (Å²) in [6.45, 7) is 2.32. The molecule has 2 saturated carbocycles. The normalized spacial score (nSPS) is 32.2. The van der Waals surface area contributed by atoms with E-state index in [9.17, 15) is 4.79 Å². The molecular formula is C17H21NO. The van der Waals surface area contributed by atoms with Gasteiger partial charge in [0.25, 0.3) is 0 Å². The Bertz CT molecular complexity index is 505. The topological polar surface area (TPSA) is 20.3 Å². The molecule has 0 N–H and O–H groups in total. The van der Waals surface area contributed by atoms with Crippen LogP contribution in [-0.2, 0) is 4.79 Å². The average Bonchev–Trinajstić information content (AvgIpc) is 3.09. The van der Waals surface area contributed by atoms with E-state index in [0.29, 0.717) is 11.2 Å². The molecule has 1 unspecified atom stereocenters. The fraction of sp³-hybridized carbons (Fsp3) is 0.588. The van der Waals surface area contributed by atoms with Crippen molar-refractivity contribution in [1.82, 2.24) is 0 Å². The molecule has 2 spiro atoms. The average molecular weight is 255 g/mol. The van der Waals surface area contributed by atoms with Crippen LogP contribution in [0, 0.1) is 10.8 Å². The highest BCUT2D eigenvalue weighted by Crippen LogP contribution is 2.61. The van der Waals surface area contributed by atoms with Gasteiger partial charge in [0, 0.05) is 30.6 Å². The minimum absolute atomic E-state index is 0.130. The van der Waals surface area contributed by atoms with Crippen molar-refractivity contribution in [2.45, 2.75) is 38.5 Å². The summed E-state index contributed by atoms with van der Waals surface area (Å²) < 4.78 is 0. The number of nitrogens with zero attached hydrogens (tertiary/aromatic N) is 1. The van der Waals surface area contributed by atoms with Gasteiger partial charge in [-0.2, -0.15) is 0 Å². The number of Topliss-reactive ketones (excluding diaryl/α,β-unsaturated/α-hetero) is 1. The van der Waals surface area contributed by atoms with E-state index in [4.69, 9.17) is 0 Å². The highest BCUT2D eigenvalue weighted by molar-refractivity contribution is 5.88. The quantitative estimate of drug-likeness (QED) is 0.766. The largest absolute Gasteiger partial charge is 0.371 e. The lowest BCUT2D eigenvalue weighted by Gasteiger charge is -2.37. The smallest absolute Gasteiger partial charge is 0.139 e. The molecule has 1 heterocycles. The molecule has 4 rings (SSSR count). The number of carbonyl (C=O) groups is 1. The number of hydrogen-bond donors (Lipinski definition) is 0. The first kappa shape index (κ1) is 11.5. The monoisotopic (exact) mass is 255 g/mol. The summed E-state index contributed by atoms with van der Waals surface area (Å²) >= 11 is 0. The zero-order valence-corrected chi connectivity index (χ0v) is 11.4. The van der Waals surface area contributed by atoms with Gasteiger partial charge in [-0.1, -0.05) is 18.2 Å². The van der Waals surface area contributed by atoms with E-state index in [1.807, 2.05) is 0 Å². The molecule has 0 radical (unpaired) electrons. The second-order valence-electron chi connectivity index (χ2n) is 6.89. The SMILES string of the molecule is O=C1CCC2(CCN(c3ccccc3)C2)CC12CC2. The lowest BCUT2D eigenvalue weighted by molar-refractivity contribution is -0.128. The highest BCUT2D eigenvalue weighted by atomic mass is 16.1. The summed E-state index contributed by atoms with van der Waals surface area (Å²) in [5, 5.41) is 0. The minimum atomic E-state index is 0.130. The van der Waals surface area contributed by atoms with Gasteiger partial charge in [-0.25, -0.2) is 0 Å². The number of benzene rings is 1. The molecular weight excluding hydrogens is 234 g/mol. The van der Waals surface area contributed by atoms with E-state index in [1.54, 1.807) is 0 Å². The van der Waals surface area contributed by atoms with Crippen LogP contribution in [0.5, 0.6) is 0 Å². The van der Waals surface area contributed by atoms with Crippen molar-refractivity contribution < 1.29 is 4.79 Å². The molecule has 1 atom stereocenters. The molecule has 100 valence electrons. The minimum Gasteiger partial charge on any atom is -0.371 e. The van der Waals surface area contributed by atoms with Crippen molar-refractivity contribution in [3.8, 4) is 0 Å². The molecule has 19 heavy (non-hydrogen) atoms. The first-order valence-electron chi connectivity index (χ1n) is 7.55. The Labute approximate surface area is 114 Å². The maximum atomic E-state index is 12.1. The van der Waals surface area contributed by atoms with E-state index in [-0.39, 0.29) is 5.41 Å². The molecule has 1 aromatic rings. The molecule has 0 amide bonds. The van der Waals surface area contributed by atoms with Crippen LogP contribution in [0.25, 0.3) is 0 Å². The number of carbonyl (C=O) groups excluding carboxylic acids is 1.